The molecule has 0 spiro atoms. The minimum absolute atomic E-state index is 0.0497. The highest BCUT2D eigenvalue weighted by Crippen LogP contribution is 2.15. The Labute approximate surface area is 95.7 Å². The number of rotatable bonds is 3. The number of anilines is 1. The third-order valence-electron chi connectivity index (χ3n) is 2.53. The zero-order chi connectivity index (χ0) is 11.4. The van der Waals surface area contributed by atoms with Crippen LogP contribution in [0.4, 0.5) is 5.82 Å². The van der Waals surface area contributed by atoms with Gasteiger partial charge in [-0.05, 0) is 24.6 Å². The first-order valence-electron chi connectivity index (χ1n) is 5.42. The summed E-state index contributed by atoms with van der Waals surface area (Å²) in [4.78, 5) is 4.50. The smallest absolute Gasteiger partial charge is 0.127 e. The average Bonchev–Trinajstić information content (AvgIpc) is 2.35. The van der Waals surface area contributed by atoms with Crippen molar-refractivity contribution in [2.24, 2.45) is 0 Å². The Morgan fingerprint density at radius 1 is 1.31 bits per heavy atom. The van der Waals surface area contributed by atoms with Crippen molar-refractivity contribution in [2.45, 2.75) is 19.4 Å². The quantitative estimate of drug-likeness (QED) is 0.787. The van der Waals surface area contributed by atoms with E-state index in [4.69, 9.17) is 6.42 Å². The van der Waals surface area contributed by atoms with E-state index in [2.05, 4.69) is 23.1 Å². The van der Waals surface area contributed by atoms with Gasteiger partial charge in [-0.1, -0.05) is 31.0 Å². The lowest BCUT2D eigenvalue weighted by Gasteiger charge is -2.11. The van der Waals surface area contributed by atoms with E-state index < -0.39 is 0 Å². The zero-order valence-electron chi connectivity index (χ0n) is 9.27. The predicted octanol–water partition coefficient (Wildman–Crippen LogP) is 3.06. The van der Waals surface area contributed by atoms with Gasteiger partial charge in [0.25, 0.3) is 0 Å². The van der Waals surface area contributed by atoms with Crippen LogP contribution in [0.15, 0.2) is 36.4 Å². The molecular formula is C14H14N2. The zero-order valence-corrected chi connectivity index (χ0v) is 9.27. The molecule has 1 aromatic heterocycles. The summed E-state index contributed by atoms with van der Waals surface area (Å²) in [5, 5.41) is 4.36. The Balaban J connectivity index is 2.30. The summed E-state index contributed by atoms with van der Waals surface area (Å²) in [6.07, 6.45) is 6.30. The number of pyridine rings is 1. The SMILES string of the molecule is C#CC(CC)Nc1ccc2ccccc2n1. The second-order valence-electron chi connectivity index (χ2n) is 3.66. The van der Waals surface area contributed by atoms with Crippen molar-refractivity contribution in [3.05, 3.63) is 36.4 Å². The van der Waals surface area contributed by atoms with Crippen LogP contribution in [0.3, 0.4) is 0 Å². The first-order chi connectivity index (χ1) is 7.83. The van der Waals surface area contributed by atoms with Gasteiger partial charge in [-0.3, -0.25) is 0 Å². The molecule has 0 bridgehead atoms. The Bertz CT molecular complexity index is 525. The highest BCUT2D eigenvalue weighted by atomic mass is 15.0. The first kappa shape index (κ1) is 10.5. The van der Waals surface area contributed by atoms with Gasteiger partial charge >= 0.3 is 0 Å². The molecule has 0 saturated carbocycles. The second-order valence-corrected chi connectivity index (χ2v) is 3.66. The maximum atomic E-state index is 5.40. The number of hydrogen-bond donors (Lipinski definition) is 1. The molecular weight excluding hydrogens is 196 g/mol. The molecule has 1 atom stereocenters. The number of nitrogens with one attached hydrogen (secondary N) is 1. The molecule has 2 nitrogen and oxygen atoms in total. The summed E-state index contributed by atoms with van der Waals surface area (Å²) < 4.78 is 0. The number of terminal acetylenes is 1. The maximum Gasteiger partial charge on any atom is 0.127 e. The van der Waals surface area contributed by atoms with E-state index in [-0.39, 0.29) is 6.04 Å². The number of aromatic nitrogens is 1. The second kappa shape index (κ2) is 4.67. The first-order valence-corrected chi connectivity index (χ1v) is 5.42. The van der Waals surface area contributed by atoms with Crippen LogP contribution < -0.4 is 5.32 Å². The van der Waals surface area contributed by atoms with Gasteiger partial charge in [0.05, 0.1) is 11.6 Å². The summed E-state index contributed by atoms with van der Waals surface area (Å²) in [7, 11) is 0. The lowest BCUT2D eigenvalue weighted by Crippen LogP contribution is -2.16. The van der Waals surface area contributed by atoms with E-state index in [1.807, 2.05) is 36.4 Å². The Morgan fingerprint density at radius 3 is 2.88 bits per heavy atom. The Morgan fingerprint density at radius 2 is 2.12 bits per heavy atom. The number of nitrogens with zero attached hydrogens (tertiary/aromatic N) is 1. The van der Waals surface area contributed by atoms with Crippen LogP contribution in [-0.2, 0) is 0 Å². The average molecular weight is 210 g/mol. The fraction of sp³-hybridized carbons (Fsp3) is 0.214. The molecule has 1 unspecified atom stereocenters. The van der Waals surface area contributed by atoms with E-state index >= 15 is 0 Å². The molecule has 1 heterocycles. The lowest BCUT2D eigenvalue weighted by molar-refractivity contribution is 0.852. The largest absolute Gasteiger partial charge is 0.356 e. The molecule has 0 fully saturated rings. The van der Waals surface area contributed by atoms with Crippen LogP contribution in [0.5, 0.6) is 0 Å². The van der Waals surface area contributed by atoms with E-state index in [0.717, 1.165) is 23.1 Å². The molecule has 2 heteroatoms. The highest BCUT2D eigenvalue weighted by Gasteiger charge is 2.02. The van der Waals surface area contributed by atoms with Crippen molar-refractivity contribution in [1.29, 1.82) is 0 Å². The minimum Gasteiger partial charge on any atom is -0.356 e. The number of fused-ring (bicyclic) bond motifs is 1. The minimum atomic E-state index is 0.0497. The topological polar surface area (TPSA) is 24.9 Å². The van der Waals surface area contributed by atoms with Gasteiger partial charge < -0.3 is 5.32 Å². The summed E-state index contributed by atoms with van der Waals surface area (Å²) >= 11 is 0. The summed E-state index contributed by atoms with van der Waals surface area (Å²) in [6.45, 7) is 2.05. The molecule has 16 heavy (non-hydrogen) atoms. The maximum absolute atomic E-state index is 5.40. The molecule has 0 aliphatic heterocycles. The molecule has 1 N–H and O–H groups in total. The van der Waals surface area contributed by atoms with Gasteiger partial charge in [0.15, 0.2) is 0 Å². The number of benzene rings is 1. The molecule has 0 amide bonds. The number of para-hydroxylation sites is 1. The molecule has 0 aliphatic carbocycles. The van der Waals surface area contributed by atoms with Crippen LogP contribution in [0, 0.1) is 12.3 Å². The molecule has 2 rings (SSSR count). The fourth-order valence-electron chi connectivity index (χ4n) is 1.59. The van der Waals surface area contributed by atoms with E-state index in [0.29, 0.717) is 0 Å². The van der Waals surface area contributed by atoms with Gasteiger partial charge in [-0.25, -0.2) is 4.98 Å². The van der Waals surface area contributed by atoms with Crippen LogP contribution in [-0.4, -0.2) is 11.0 Å². The van der Waals surface area contributed by atoms with Gasteiger partial charge in [0, 0.05) is 5.39 Å². The number of hydrogen-bond acceptors (Lipinski definition) is 2. The molecule has 0 saturated heterocycles. The van der Waals surface area contributed by atoms with Crippen molar-refractivity contribution in [2.75, 3.05) is 5.32 Å². The molecule has 80 valence electrons. The van der Waals surface area contributed by atoms with Crippen molar-refractivity contribution in [3.8, 4) is 12.3 Å². The normalized spacial score (nSPS) is 12.0. The van der Waals surface area contributed by atoms with E-state index in [1.165, 1.54) is 0 Å². The summed E-state index contributed by atoms with van der Waals surface area (Å²) in [6, 6.07) is 12.1. The van der Waals surface area contributed by atoms with E-state index in [9.17, 15) is 0 Å². The van der Waals surface area contributed by atoms with Gasteiger partial charge in [-0.15, -0.1) is 6.42 Å². The Hall–Kier alpha value is -2.01. The standard InChI is InChI=1S/C14H14N2/c1-3-12(4-2)15-14-10-9-11-7-5-6-8-13(11)16-14/h1,5-10,12H,4H2,2H3,(H,15,16). The molecule has 0 radical (unpaired) electrons. The predicted molar refractivity (Wildman–Crippen MR) is 68.3 cm³/mol. The lowest BCUT2D eigenvalue weighted by atomic mass is 10.2. The Kier molecular flexibility index (Phi) is 3.07. The third-order valence-corrected chi connectivity index (χ3v) is 2.53. The van der Waals surface area contributed by atoms with Gasteiger partial charge in [0.2, 0.25) is 0 Å². The van der Waals surface area contributed by atoms with Crippen LogP contribution in [0.1, 0.15) is 13.3 Å². The van der Waals surface area contributed by atoms with Crippen molar-refractivity contribution < 1.29 is 0 Å². The summed E-state index contributed by atoms with van der Waals surface area (Å²) in [5.74, 6) is 3.53. The van der Waals surface area contributed by atoms with Crippen molar-refractivity contribution >= 4 is 16.7 Å². The summed E-state index contributed by atoms with van der Waals surface area (Å²) in [5.41, 5.74) is 0.986. The van der Waals surface area contributed by atoms with Gasteiger partial charge in [-0.2, -0.15) is 0 Å². The highest BCUT2D eigenvalue weighted by molar-refractivity contribution is 5.80. The van der Waals surface area contributed by atoms with E-state index in [1.54, 1.807) is 0 Å². The van der Waals surface area contributed by atoms with Crippen molar-refractivity contribution in [3.63, 3.8) is 0 Å². The van der Waals surface area contributed by atoms with Crippen LogP contribution >= 0.6 is 0 Å². The van der Waals surface area contributed by atoms with Gasteiger partial charge in [0.1, 0.15) is 5.82 Å². The third kappa shape index (κ3) is 2.14. The van der Waals surface area contributed by atoms with Crippen molar-refractivity contribution in [1.82, 2.24) is 4.98 Å². The molecule has 0 aliphatic rings. The van der Waals surface area contributed by atoms with Crippen LogP contribution in [0.2, 0.25) is 0 Å². The van der Waals surface area contributed by atoms with Crippen LogP contribution in [0.25, 0.3) is 10.9 Å². The fourth-order valence-corrected chi connectivity index (χ4v) is 1.59. The molecule has 2 aromatic rings. The molecule has 1 aromatic carbocycles. The monoisotopic (exact) mass is 210 g/mol.